The van der Waals surface area contributed by atoms with Crippen LogP contribution in [-0.2, 0) is 14.4 Å². The maximum atomic E-state index is 12.0. The summed E-state index contributed by atoms with van der Waals surface area (Å²) >= 11 is 0. The first kappa shape index (κ1) is 11.3. The SMILES string of the molecule is C=C1C(=O)N(C(C)=O)C(=O)C1c1ccccc1. The summed E-state index contributed by atoms with van der Waals surface area (Å²) in [7, 11) is 0. The minimum Gasteiger partial charge on any atom is -0.274 e. The lowest BCUT2D eigenvalue weighted by molar-refractivity contribution is -0.148. The van der Waals surface area contributed by atoms with Crippen molar-refractivity contribution in [1.29, 1.82) is 0 Å². The van der Waals surface area contributed by atoms with E-state index in [2.05, 4.69) is 6.58 Å². The van der Waals surface area contributed by atoms with Crippen LogP contribution in [0.2, 0.25) is 0 Å². The first-order valence-corrected chi connectivity index (χ1v) is 5.16. The van der Waals surface area contributed by atoms with Crippen molar-refractivity contribution >= 4 is 17.7 Å². The lowest BCUT2D eigenvalue weighted by atomic mass is 9.94. The summed E-state index contributed by atoms with van der Waals surface area (Å²) in [5.41, 5.74) is 0.830. The highest BCUT2D eigenvalue weighted by Crippen LogP contribution is 2.33. The van der Waals surface area contributed by atoms with Gasteiger partial charge in [-0.3, -0.25) is 14.4 Å². The van der Waals surface area contributed by atoms with Crippen LogP contribution in [0.5, 0.6) is 0 Å². The van der Waals surface area contributed by atoms with Gasteiger partial charge in [-0.15, -0.1) is 0 Å². The van der Waals surface area contributed by atoms with Crippen LogP contribution < -0.4 is 0 Å². The van der Waals surface area contributed by atoms with E-state index < -0.39 is 23.6 Å². The second-order valence-corrected chi connectivity index (χ2v) is 3.87. The van der Waals surface area contributed by atoms with Gasteiger partial charge in [-0.1, -0.05) is 36.9 Å². The number of hydrogen-bond acceptors (Lipinski definition) is 3. The maximum absolute atomic E-state index is 12.0. The molecule has 17 heavy (non-hydrogen) atoms. The van der Waals surface area contributed by atoms with Crippen LogP contribution in [0.3, 0.4) is 0 Å². The highest BCUT2D eigenvalue weighted by molar-refractivity contribution is 6.25. The van der Waals surface area contributed by atoms with Gasteiger partial charge in [-0.2, -0.15) is 0 Å². The lowest BCUT2D eigenvalue weighted by Gasteiger charge is -2.09. The van der Waals surface area contributed by atoms with Crippen LogP contribution >= 0.6 is 0 Å². The fraction of sp³-hybridized carbons (Fsp3) is 0.154. The number of carbonyl (C=O) groups is 3. The van der Waals surface area contributed by atoms with Crippen LogP contribution in [-0.4, -0.2) is 22.6 Å². The Kier molecular flexibility index (Phi) is 2.63. The fourth-order valence-corrected chi connectivity index (χ4v) is 1.93. The van der Waals surface area contributed by atoms with Gasteiger partial charge in [0.1, 0.15) is 0 Å². The number of imide groups is 3. The number of likely N-dealkylation sites (tertiary alicyclic amines) is 1. The largest absolute Gasteiger partial charge is 0.274 e. The van der Waals surface area contributed by atoms with E-state index >= 15 is 0 Å². The Morgan fingerprint density at radius 1 is 1.24 bits per heavy atom. The van der Waals surface area contributed by atoms with Gasteiger partial charge < -0.3 is 0 Å². The number of rotatable bonds is 1. The Bertz CT molecular complexity index is 519. The normalized spacial score (nSPS) is 19.9. The van der Waals surface area contributed by atoms with Crippen molar-refractivity contribution in [3.63, 3.8) is 0 Å². The van der Waals surface area contributed by atoms with E-state index in [1.807, 2.05) is 6.07 Å². The molecule has 1 aliphatic rings. The third kappa shape index (κ3) is 1.67. The van der Waals surface area contributed by atoms with Crippen LogP contribution in [0.1, 0.15) is 18.4 Å². The molecular weight excluding hydrogens is 218 g/mol. The Labute approximate surface area is 98.5 Å². The Morgan fingerprint density at radius 2 is 1.82 bits per heavy atom. The van der Waals surface area contributed by atoms with Gasteiger partial charge in [0.05, 0.1) is 5.92 Å². The van der Waals surface area contributed by atoms with E-state index in [4.69, 9.17) is 0 Å². The summed E-state index contributed by atoms with van der Waals surface area (Å²) in [4.78, 5) is 35.6. The molecule has 1 fully saturated rings. The quantitative estimate of drug-likeness (QED) is 0.537. The zero-order chi connectivity index (χ0) is 12.6. The number of carbonyl (C=O) groups excluding carboxylic acids is 3. The molecule has 2 rings (SSSR count). The molecular formula is C13H11NO3. The zero-order valence-corrected chi connectivity index (χ0v) is 9.34. The van der Waals surface area contributed by atoms with E-state index in [-0.39, 0.29) is 5.57 Å². The van der Waals surface area contributed by atoms with Gasteiger partial charge in [-0.05, 0) is 5.56 Å². The van der Waals surface area contributed by atoms with E-state index in [1.54, 1.807) is 24.3 Å². The lowest BCUT2D eigenvalue weighted by Crippen LogP contribution is -2.34. The third-order valence-corrected chi connectivity index (χ3v) is 2.74. The number of nitrogens with zero attached hydrogens (tertiary/aromatic N) is 1. The molecule has 0 saturated carbocycles. The van der Waals surface area contributed by atoms with E-state index in [0.29, 0.717) is 10.5 Å². The number of hydrogen-bond donors (Lipinski definition) is 0. The molecule has 3 amide bonds. The number of benzene rings is 1. The summed E-state index contributed by atoms with van der Waals surface area (Å²) in [5, 5.41) is 0. The highest BCUT2D eigenvalue weighted by Gasteiger charge is 2.44. The van der Waals surface area contributed by atoms with Gasteiger partial charge in [0.2, 0.25) is 11.8 Å². The zero-order valence-electron chi connectivity index (χ0n) is 9.34. The number of amides is 3. The molecule has 0 N–H and O–H groups in total. The molecule has 1 aromatic rings. The van der Waals surface area contributed by atoms with Crippen molar-refractivity contribution in [2.24, 2.45) is 0 Å². The predicted molar refractivity (Wildman–Crippen MR) is 60.9 cm³/mol. The molecule has 4 heteroatoms. The summed E-state index contributed by atoms with van der Waals surface area (Å²) in [6.45, 7) is 4.80. The first-order valence-electron chi connectivity index (χ1n) is 5.16. The minimum atomic E-state index is -0.729. The molecule has 0 aliphatic carbocycles. The predicted octanol–water partition coefficient (Wildman–Crippen LogP) is 1.24. The Morgan fingerprint density at radius 3 is 2.29 bits per heavy atom. The van der Waals surface area contributed by atoms with Gasteiger partial charge in [-0.25, -0.2) is 4.90 Å². The van der Waals surface area contributed by atoms with Crippen molar-refractivity contribution < 1.29 is 14.4 Å². The second kappa shape index (κ2) is 3.97. The van der Waals surface area contributed by atoms with E-state index in [0.717, 1.165) is 0 Å². The van der Waals surface area contributed by atoms with Crippen LogP contribution in [0, 0.1) is 0 Å². The molecule has 1 saturated heterocycles. The van der Waals surface area contributed by atoms with Crippen molar-refractivity contribution in [3.8, 4) is 0 Å². The van der Waals surface area contributed by atoms with Gasteiger partial charge in [0.15, 0.2) is 0 Å². The molecule has 4 nitrogen and oxygen atoms in total. The van der Waals surface area contributed by atoms with Crippen molar-refractivity contribution in [2.75, 3.05) is 0 Å². The van der Waals surface area contributed by atoms with Gasteiger partial charge >= 0.3 is 0 Å². The summed E-state index contributed by atoms with van der Waals surface area (Å²) in [6, 6.07) is 8.85. The Hall–Kier alpha value is -2.23. The molecule has 1 unspecified atom stereocenters. The standard InChI is InChI=1S/C13H11NO3/c1-8-11(10-6-4-3-5-7-10)13(17)14(9(2)15)12(8)16/h3-7,11H,1H2,2H3. The van der Waals surface area contributed by atoms with E-state index in [9.17, 15) is 14.4 Å². The van der Waals surface area contributed by atoms with Gasteiger partial charge in [0.25, 0.3) is 5.91 Å². The summed E-state index contributed by atoms with van der Waals surface area (Å²) in [5.74, 6) is -2.41. The maximum Gasteiger partial charge on any atom is 0.263 e. The summed E-state index contributed by atoms with van der Waals surface area (Å²) < 4.78 is 0. The van der Waals surface area contributed by atoms with Crippen molar-refractivity contribution in [1.82, 2.24) is 4.90 Å². The fourth-order valence-electron chi connectivity index (χ4n) is 1.93. The average molecular weight is 229 g/mol. The third-order valence-electron chi connectivity index (χ3n) is 2.74. The highest BCUT2D eigenvalue weighted by atomic mass is 16.2. The van der Waals surface area contributed by atoms with Crippen molar-refractivity contribution in [3.05, 3.63) is 48.0 Å². The van der Waals surface area contributed by atoms with Crippen LogP contribution in [0.15, 0.2) is 42.5 Å². The monoisotopic (exact) mass is 229 g/mol. The topological polar surface area (TPSA) is 54.5 Å². The average Bonchev–Trinajstić information content (AvgIpc) is 2.51. The molecule has 1 atom stereocenters. The molecule has 1 aliphatic heterocycles. The van der Waals surface area contributed by atoms with Crippen LogP contribution in [0.4, 0.5) is 0 Å². The molecule has 0 spiro atoms. The van der Waals surface area contributed by atoms with E-state index in [1.165, 1.54) is 6.92 Å². The molecule has 0 aromatic heterocycles. The van der Waals surface area contributed by atoms with Crippen LogP contribution in [0.25, 0.3) is 0 Å². The van der Waals surface area contributed by atoms with Crippen molar-refractivity contribution in [2.45, 2.75) is 12.8 Å². The minimum absolute atomic E-state index is 0.149. The Balaban J connectivity index is 2.45. The molecule has 0 bridgehead atoms. The molecule has 86 valence electrons. The molecule has 1 heterocycles. The smallest absolute Gasteiger partial charge is 0.263 e. The first-order chi connectivity index (χ1) is 8.04. The van der Waals surface area contributed by atoms with Gasteiger partial charge in [0, 0.05) is 12.5 Å². The molecule has 1 aromatic carbocycles. The summed E-state index contributed by atoms with van der Waals surface area (Å²) in [6.07, 6.45) is 0. The second-order valence-electron chi connectivity index (χ2n) is 3.87. The molecule has 0 radical (unpaired) electrons.